The smallest absolute Gasteiger partial charge is 0.369 e. The number of alkyl halides is 3. The van der Waals surface area contributed by atoms with Crippen LogP contribution in [-0.2, 0) is 6.18 Å². The molecule has 1 unspecified atom stereocenters. The molecule has 118 valence electrons. The van der Waals surface area contributed by atoms with Gasteiger partial charge in [0.25, 0.3) is 0 Å². The van der Waals surface area contributed by atoms with Gasteiger partial charge in [-0.1, -0.05) is 0 Å². The van der Waals surface area contributed by atoms with Crippen LogP contribution in [0, 0.1) is 11.7 Å². The molecule has 1 aliphatic rings. The molecular formula is C15H20F4N2. The molecule has 1 saturated heterocycles. The molecule has 1 aromatic rings. The quantitative estimate of drug-likeness (QED) is 0.854. The molecule has 2 rings (SSSR count). The fourth-order valence-electron chi connectivity index (χ4n) is 2.73. The zero-order valence-corrected chi connectivity index (χ0v) is 12.0. The summed E-state index contributed by atoms with van der Waals surface area (Å²) in [5.41, 5.74) is -0.699. The summed E-state index contributed by atoms with van der Waals surface area (Å²) in [6.07, 6.45) is -2.37. The second-order valence-electron chi connectivity index (χ2n) is 5.41. The summed E-state index contributed by atoms with van der Waals surface area (Å²) in [6, 6.07) is 2.76. The van der Waals surface area contributed by atoms with E-state index < -0.39 is 17.6 Å². The SMILES string of the molecule is CCN(CC1CCCNC1)c1ccc(C(F)(F)F)cc1F. The monoisotopic (exact) mass is 304 g/mol. The lowest BCUT2D eigenvalue weighted by Crippen LogP contribution is -2.38. The maximum atomic E-state index is 14.0. The number of hydrogen-bond acceptors (Lipinski definition) is 2. The zero-order valence-electron chi connectivity index (χ0n) is 12.0. The summed E-state index contributed by atoms with van der Waals surface area (Å²) in [5.74, 6) is -0.407. The minimum absolute atomic E-state index is 0.246. The molecule has 1 atom stereocenters. The van der Waals surface area contributed by atoms with Crippen molar-refractivity contribution >= 4 is 5.69 Å². The van der Waals surface area contributed by atoms with E-state index in [1.807, 2.05) is 11.8 Å². The molecule has 1 fully saturated rings. The van der Waals surface area contributed by atoms with E-state index in [4.69, 9.17) is 0 Å². The largest absolute Gasteiger partial charge is 0.416 e. The Morgan fingerprint density at radius 3 is 2.62 bits per heavy atom. The van der Waals surface area contributed by atoms with Crippen LogP contribution in [0.25, 0.3) is 0 Å². The van der Waals surface area contributed by atoms with Crippen molar-refractivity contribution in [3.63, 3.8) is 0 Å². The van der Waals surface area contributed by atoms with Gasteiger partial charge in [-0.05, 0) is 57.0 Å². The van der Waals surface area contributed by atoms with Gasteiger partial charge in [0.1, 0.15) is 5.82 Å². The summed E-state index contributed by atoms with van der Waals surface area (Å²) in [6.45, 7) is 4.98. The molecular weight excluding hydrogens is 284 g/mol. The topological polar surface area (TPSA) is 15.3 Å². The third kappa shape index (κ3) is 4.09. The summed E-state index contributed by atoms with van der Waals surface area (Å²) in [5, 5.41) is 3.29. The molecule has 1 heterocycles. The van der Waals surface area contributed by atoms with Crippen LogP contribution >= 0.6 is 0 Å². The Morgan fingerprint density at radius 1 is 1.33 bits per heavy atom. The first-order valence-electron chi connectivity index (χ1n) is 7.24. The Bertz CT molecular complexity index is 467. The highest BCUT2D eigenvalue weighted by Gasteiger charge is 2.31. The molecule has 0 spiro atoms. The van der Waals surface area contributed by atoms with Gasteiger partial charge in [0.2, 0.25) is 0 Å². The number of nitrogens with zero attached hydrogens (tertiary/aromatic N) is 1. The third-order valence-electron chi connectivity index (χ3n) is 3.87. The maximum Gasteiger partial charge on any atom is 0.416 e. The van der Waals surface area contributed by atoms with Crippen LogP contribution in [-0.4, -0.2) is 26.2 Å². The van der Waals surface area contributed by atoms with Crippen LogP contribution in [0.3, 0.4) is 0 Å². The van der Waals surface area contributed by atoms with Gasteiger partial charge in [0.05, 0.1) is 11.3 Å². The van der Waals surface area contributed by atoms with Crippen molar-refractivity contribution < 1.29 is 17.6 Å². The molecule has 0 aromatic heterocycles. The Morgan fingerprint density at radius 2 is 2.10 bits per heavy atom. The molecule has 0 bridgehead atoms. The van der Waals surface area contributed by atoms with E-state index in [2.05, 4.69) is 5.32 Å². The molecule has 0 aliphatic carbocycles. The predicted molar refractivity (Wildman–Crippen MR) is 74.9 cm³/mol. The standard InChI is InChI=1S/C15H20F4N2/c1-2-21(10-11-4-3-7-20-9-11)14-6-5-12(8-13(14)16)15(17,18)19/h5-6,8,11,20H,2-4,7,9-10H2,1H3. The van der Waals surface area contributed by atoms with E-state index in [-0.39, 0.29) is 5.69 Å². The van der Waals surface area contributed by atoms with Gasteiger partial charge in [0.15, 0.2) is 0 Å². The third-order valence-corrected chi connectivity index (χ3v) is 3.87. The van der Waals surface area contributed by atoms with E-state index in [0.29, 0.717) is 25.1 Å². The van der Waals surface area contributed by atoms with Crippen molar-refractivity contribution in [2.75, 3.05) is 31.1 Å². The lowest BCUT2D eigenvalue weighted by atomic mass is 9.98. The average Bonchev–Trinajstić information content (AvgIpc) is 2.45. The summed E-state index contributed by atoms with van der Waals surface area (Å²) in [4.78, 5) is 1.81. The van der Waals surface area contributed by atoms with E-state index >= 15 is 0 Å². The first kappa shape index (κ1) is 16.1. The van der Waals surface area contributed by atoms with Crippen molar-refractivity contribution in [1.29, 1.82) is 0 Å². The zero-order chi connectivity index (χ0) is 15.5. The fraction of sp³-hybridized carbons (Fsp3) is 0.600. The van der Waals surface area contributed by atoms with E-state index in [9.17, 15) is 17.6 Å². The molecule has 1 aromatic carbocycles. The van der Waals surface area contributed by atoms with Gasteiger partial charge in [-0.2, -0.15) is 13.2 Å². The van der Waals surface area contributed by atoms with Gasteiger partial charge in [-0.15, -0.1) is 0 Å². The lowest BCUT2D eigenvalue weighted by molar-refractivity contribution is -0.137. The van der Waals surface area contributed by atoms with Gasteiger partial charge < -0.3 is 10.2 Å². The molecule has 6 heteroatoms. The minimum Gasteiger partial charge on any atom is -0.369 e. The number of piperidine rings is 1. The molecule has 1 aliphatic heterocycles. The average molecular weight is 304 g/mol. The summed E-state index contributed by atoms with van der Waals surface area (Å²) >= 11 is 0. The maximum absolute atomic E-state index is 14.0. The van der Waals surface area contributed by atoms with Gasteiger partial charge in [0, 0.05) is 13.1 Å². The molecule has 0 radical (unpaired) electrons. The van der Waals surface area contributed by atoms with Gasteiger partial charge >= 0.3 is 6.18 Å². The second kappa shape index (κ2) is 6.64. The highest BCUT2D eigenvalue weighted by Crippen LogP contribution is 2.32. The lowest BCUT2D eigenvalue weighted by Gasteiger charge is -2.31. The van der Waals surface area contributed by atoms with E-state index in [0.717, 1.165) is 32.0 Å². The first-order valence-corrected chi connectivity index (χ1v) is 7.24. The van der Waals surface area contributed by atoms with Crippen molar-refractivity contribution in [2.45, 2.75) is 25.9 Å². The predicted octanol–water partition coefficient (Wildman–Crippen LogP) is 3.67. The van der Waals surface area contributed by atoms with Crippen molar-refractivity contribution in [2.24, 2.45) is 5.92 Å². The Kier molecular flexibility index (Phi) is 5.08. The highest BCUT2D eigenvalue weighted by atomic mass is 19.4. The molecule has 0 amide bonds. The molecule has 21 heavy (non-hydrogen) atoms. The number of halogens is 4. The number of nitrogens with one attached hydrogen (secondary N) is 1. The van der Waals surface area contributed by atoms with Crippen LogP contribution in [0.4, 0.5) is 23.2 Å². The fourth-order valence-corrected chi connectivity index (χ4v) is 2.73. The Balaban J connectivity index is 2.14. The normalized spacial score (nSPS) is 19.6. The van der Waals surface area contributed by atoms with Crippen LogP contribution in [0.2, 0.25) is 0 Å². The van der Waals surface area contributed by atoms with E-state index in [1.165, 1.54) is 6.07 Å². The molecule has 2 nitrogen and oxygen atoms in total. The van der Waals surface area contributed by atoms with Crippen LogP contribution < -0.4 is 10.2 Å². The second-order valence-corrected chi connectivity index (χ2v) is 5.41. The Hall–Kier alpha value is -1.30. The first-order chi connectivity index (χ1) is 9.91. The Labute approximate surface area is 122 Å². The number of rotatable bonds is 4. The summed E-state index contributed by atoms with van der Waals surface area (Å²) < 4.78 is 51.7. The summed E-state index contributed by atoms with van der Waals surface area (Å²) in [7, 11) is 0. The van der Waals surface area contributed by atoms with Crippen LogP contribution in [0.15, 0.2) is 18.2 Å². The van der Waals surface area contributed by atoms with Crippen molar-refractivity contribution in [1.82, 2.24) is 5.32 Å². The number of anilines is 1. The van der Waals surface area contributed by atoms with Crippen LogP contribution in [0.5, 0.6) is 0 Å². The number of benzene rings is 1. The van der Waals surface area contributed by atoms with E-state index in [1.54, 1.807) is 0 Å². The van der Waals surface area contributed by atoms with Crippen LogP contribution in [0.1, 0.15) is 25.3 Å². The van der Waals surface area contributed by atoms with Crippen molar-refractivity contribution in [3.8, 4) is 0 Å². The number of hydrogen-bond donors (Lipinski definition) is 1. The minimum atomic E-state index is -4.51. The van der Waals surface area contributed by atoms with Crippen molar-refractivity contribution in [3.05, 3.63) is 29.6 Å². The highest BCUT2D eigenvalue weighted by molar-refractivity contribution is 5.49. The molecule has 1 N–H and O–H groups in total. The molecule has 0 saturated carbocycles. The van der Waals surface area contributed by atoms with Gasteiger partial charge in [-0.3, -0.25) is 0 Å². The van der Waals surface area contributed by atoms with Gasteiger partial charge in [-0.25, -0.2) is 4.39 Å².